The number of aromatic nitrogens is 4. The summed E-state index contributed by atoms with van der Waals surface area (Å²) in [6.07, 6.45) is 0. The lowest BCUT2D eigenvalue weighted by Gasteiger charge is -2.10. The molecule has 0 aliphatic rings. The quantitative estimate of drug-likeness (QED) is 0.446. The van der Waals surface area contributed by atoms with Crippen LogP contribution in [0.2, 0.25) is 0 Å². The van der Waals surface area contributed by atoms with Crippen LogP contribution < -0.4 is 16.0 Å². The fourth-order valence-electron chi connectivity index (χ4n) is 3.78. The molecule has 2 aromatic heterocycles. The Balaban J connectivity index is 1.53. The summed E-state index contributed by atoms with van der Waals surface area (Å²) in [6, 6.07) is 20.1. The van der Waals surface area contributed by atoms with Crippen molar-refractivity contribution in [2.75, 3.05) is 7.11 Å². The molecule has 0 fully saturated rings. The number of fused-ring (bicyclic) bond motifs is 1. The number of aryl methyl sites for hydroxylation is 1. The van der Waals surface area contributed by atoms with Crippen LogP contribution in [0.25, 0.3) is 33.7 Å². The zero-order chi connectivity index (χ0) is 22.9. The third-order valence-electron chi connectivity index (χ3n) is 5.45. The number of ether oxygens (including phenoxy) is 1. The minimum Gasteiger partial charge on any atom is -0.496 e. The third kappa shape index (κ3) is 3.82. The summed E-state index contributed by atoms with van der Waals surface area (Å²) in [4.78, 5) is 33.1. The van der Waals surface area contributed by atoms with E-state index in [0.717, 1.165) is 21.3 Å². The van der Waals surface area contributed by atoms with Gasteiger partial charge in [0.2, 0.25) is 5.82 Å². The Morgan fingerprint density at radius 1 is 1.00 bits per heavy atom. The standard InChI is InChI=1S/C25H20N4O4/c1-15-6-5-8-16(12-15)22-27-23(33-28-22)17-10-11-19-20(13-17)26-25(31)29(24(19)30)14-18-7-3-4-9-21(18)32-2/h3-13H,14H2,1-2H3,(H,26,31). The van der Waals surface area contributed by atoms with E-state index in [0.29, 0.717) is 33.9 Å². The van der Waals surface area contributed by atoms with Crippen molar-refractivity contribution in [2.24, 2.45) is 0 Å². The minimum absolute atomic E-state index is 0.0966. The van der Waals surface area contributed by atoms with Crippen molar-refractivity contribution < 1.29 is 9.26 Å². The second-order valence-electron chi connectivity index (χ2n) is 7.69. The number of para-hydroxylation sites is 1. The molecule has 0 amide bonds. The molecule has 3 aromatic carbocycles. The lowest BCUT2D eigenvalue weighted by Crippen LogP contribution is -2.35. The fourth-order valence-corrected chi connectivity index (χ4v) is 3.78. The highest BCUT2D eigenvalue weighted by Crippen LogP contribution is 2.24. The van der Waals surface area contributed by atoms with Crippen molar-refractivity contribution in [1.82, 2.24) is 19.7 Å². The van der Waals surface area contributed by atoms with Crippen LogP contribution in [0.15, 0.2) is 80.8 Å². The highest BCUT2D eigenvalue weighted by Gasteiger charge is 2.15. The third-order valence-corrected chi connectivity index (χ3v) is 5.45. The van der Waals surface area contributed by atoms with E-state index in [-0.39, 0.29) is 6.54 Å². The van der Waals surface area contributed by atoms with Crippen molar-refractivity contribution in [3.8, 4) is 28.6 Å². The molecule has 0 saturated heterocycles. The van der Waals surface area contributed by atoms with Gasteiger partial charge in [-0.05, 0) is 37.3 Å². The van der Waals surface area contributed by atoms with Gasteiger partial charge in [0.05, 0.1) is 24.6 Å². The van der Waals surface area contributed by atoms with Crippen molar-refractivity contribution in [3.05, 3.63) is 98.7 Å². The monoisotopic (exact) mass is 440 g/mol. The SMILES string of the molecule is COc1ccccc1Cn1c(=O)[nH]c2cc(-c3nc(-c4cccc(C)c4)no3)ccc2c1=O. The molecule has 0 spiro atoms. The molecular weight excluding hydrogens is 420 g/mol. The normalized spacial score (nSPS) is 11.1. The number of hydrogen-bond donors (Lipinski definition) is 1. The smallest absolute Gasteiger partial charge is 0.329 e. The Morgan fingerprint density at radius 2 is 1.85 bits per heavy atom. The highest BCUT2D eigenvalue weighted by atomic mass is 16.5. The molecule has 0 bridgehead atoms. The number of nitrogens with one attached hydrogen (secondary N) is 1. The van der Waals surface area contributed by atoms with Crippen molar-refractivity contribution in [1.29, 1.82) is 0 Å². The number of aromatic amines is 1. The molecule has 0 aliphatic heterocycles. The molecular formula is C25H20N4O4. The molecule has 5 aromatic rings. The van der Waals surface area contributed by atoms with Crippen molar-refractivity contribution in [3.63, 3.8) is 0 Å². The maximum Gasteiger partial charge on any atom is 0.329 e. The minimum atomic E-state index is -0.512. The van der Waals surface area contributed by atoms with Gasteiger partial charge in [0.25, 0.3) is 11.4 Å². The molecule has 0 saturated carbocycles. The summed E-state index contributed by atoms with van der Waals surface area (Å²) in [6.45, 7) is 2.09. The number of methoxy groups -OCH3 is 1. The summed E-state index contributed by atoms with van der Waals surface area (Å²) >= 11 is 0. The van der Waals surface area contributed by atoms with E-state index < -0.39 is 11.2 Å². The van der Waals surface area contributed by atoms with Gasteiger partial charge in [0.15, 0.2) is 0 Å². The summed E-state index contributed by atoms with van der Waals surface area (Å²) in [5.74, 6) is 1.38. The first-order valence-electron chi connectivity index (χ1n) is 10.3. The summed E-state index contributed by atoms with van der Waals surface area (Å²) in [5, 5.41) is 4.44. The lowest BCUT2D eigenvalue weighted by atomic mass is 10.1. The van der Waals surface area contributed by atoms with Crippen LogP contribution in [0.3, 0.4) is 0 Å². The van der Waals surface area contributed by atoms with Crippen LogP contribution in [0.4, 0.5) is 0 Å². The molecule has 0 aliphatic carbocycles. The van der Waals surface area contributed by atoms with Crippen molar-refractivity contribution in [2.45, 2.75) is 13.5 Å². The number of H-pyrrole nitrogens is 1. The van der Waals surface area contributed by atoms with Gasteiger partial charge in [0.1, 0.15) is 5.75 Å². The number of benzene rings is 3. The average molecular weight is 440 g/mol. The summed E-state index contributed by atoms with van der Waals surface area (Å²) < 4.78 is 11.9. The van der Waals surface area contributed by atoms with Crippen molar-refractivity contribution >= 4 is 10.9 Å². The van der Waals surface area contributed by atoms with Crippen LogP contribution in [0.1, 0.15) is 11.1 Å². The van der Waals surface area contributed by atoms with Gasteiger partial charge in [-0.15, -0.1) is 0 Å². The number of hydrogen-bond acceptors (Lipinski definition) is 6. The molecule has 33 heavy (non-hydrogen) atoms. The molecule has 0 atom stereocenters. The molecule has 8 nitrogen and oxygen atoms in total. The summed E-state index contributed by atoms with van der Waals surface area (Å²) in [7, 11) is 1.55. The average Bonchev–Trinajstić information content (AvgIpc) is 3.32. The van der Waals surface area contributed by atoms with Crippen LogP contribution in [0, 0.1) is 6.92 Å². The van der Waals surface area contributed by atoms with Crippen LogP contribution in [-0.2, 0) is 6.54 Å². The van der Waals surface area contributed by atoms with Gasteiger partial charge in [0, 0.05) is 16.7 Å². The Labute approximate surface area is 188 Å². The van der Waals surface area contributed by atoms with E-state index >= 15 is 0 Å². The molecule has 8 heteroatoms. The van der Waals surface area contributed by atoms with E-state index in [1.807, 2.05) is 49.4 Å². The van der Waals surface area contributed by atoms with E-state index in [9.17, 15) is 9.59 Å². The van der Waals surface area contributed by atoms with Gasteiger partial charge in [-0.3, -0.25) is 9.36 Å². The number of rotatable bonds is 5. The molecule has 0 unspecified atom stereocenters. The predicted octanol–water partition coefficient (Wildman–Crippen LogP) is 3.77. The zero-order valence-corrected chi connectivity index (χ0v) is 18.0. The van der Waals surface area contributed by atoms with Crippen LogP contribution in [-0.4, -0.2) is 26.8 Å². The Hall–Kier alpha value is -4.46. The fraction of sp³-hybridized carbons (Fsp3) is 0.120. The second kappa shape index (κ2) is 8.23. The van der Waals surface area contributed by atoms with E-state index in [2.05, 4.69) is 15.1 Å². The first-order chi connectivity index (χ1) is 16.0. The van der Waals surface area contributed by atoms with Gasteiger partial charge in [-0.25, -0.2) is 4.79 Å². The molecule has 0 radical (unpaired) electrons. The van der Waals surface area contributed by atoms with E-state index in [1.165, 1.54) is 0 Å². The molecule has 164 valence electrons. The molecule has 2 heterocycles. The zero-order valence-electron chi connectivity index (χ0n) is 18.0. The Kier molecular flexibility index (Phi) is 5.10. The van der Waals surface area contributed by atoms with Gasteiger partial charge in [-0.2, -0.15) is 4.98 Å². The predicted molar refractivity (Wildman–Crippen MR) is 124 cm³/mol. The molecule has 1 N–H and O–H groups in total. The van der Waals surface area contributed by atoms with Gasteiger partial charge in [-0.1, -0.05) is 47.1 Å². The lowest BCUT2D eigenvalue weighted by molar-refractivity contribution is 0.408. The Morgan fingerprint density at radius 3 is 2.67 bits per heavy atom. The largest absolute Gasteiger partial charge is 0.496 e. The van der Waals surface area contributed by atoms with Gasteiger partial charge < -0.3 is 14.2 Å². The van der Waals surface area contributed by atoms with E-state index in [4.69, 9.17) is 9.26 Å². The van der Waals surface area contributed by atoms with Gasteiger partial charge >= 0.3 is 5.69 Å². The van der Waals surface area contributed by atoms with Crippen LogP contribution >= 0.6 is 0 Å². The maximum absolute atomic E-state index is 13.1. The topological polar surface area (TPSA) is 103 Å². The first-order valence-corrected chi connectivity index (χ1v) is 10.3. The molecule has 5 rings (SSSR count). The summed E-state index contributed by atoms with van der Waals surface area (Å²) in [5.41, 5.74) is 2.77. The first kappa shape index (κ1) is 20.4. The Bertz CT molecular complexity index is 1600. The second-order valence-corrected chi connectivity index (χ2v) is 7.69. The van der Waals surface area contributed by atoms with Crippen LogP contribution in [0.5, 0.6) is 5.75 Å². The van der Waals surface area contributed by atoms with E-state index in [1.54, 1.807) is 31.4 Å². The number of nitrogens with zero attached hydrogens (tertiary/aromatic N) is 3. The maximum atomic E-state index is 13.1. The highest BCUT2D eigenvalue weighted by molar-refractivity contribution is 5.82.